The number of cyclic esters (lactones) is 1. The molecule has 17 heavy (non-hydrogen) atoms. The lowest BCUT2D eigenvalue weighted by atomic mass is 10.1. The molecule has 0 N–H and O–H groups in total. The van der Waals surface area contributed by atoms with Crippen LogP contribution in [0.25, 0.3) is 0 Å². The van der Waals surface area contributed by atoms with Crippen molar-refractivity contribution in [3.05, 3.63) is 0 Å². The molecule has 0 aromatic carbocycles. The molecule has 0 unspecified atom stereocenters. The maximum atomic E-state index is 11.6. The number of rotatable bonds is 7. The summed E-state index contributed by atoms with van der Waals surface area (Å²) >= 11 is 0. The molecule has 5 heteroatoms. The van der Waals surface area contributed by atoms with Gasteiger partial charge in [-0.15, -0.1) is 0 Å². The van der Waals surface area contributed by atoms with E-state index < -0.39 is 6.09 Å². The first-order valence-electron chi connectivity index (χ1n) is 6.08. The molecule has 0 aliphatic carbocycles. The van der Waals surface area contributed by atoms with Gasteiger partial charge >= 0.3 is 6.09 Å². The average Bonchev–Trinajstić information content (AvgIpc) is 2.69. The Morgan fingerprint density at radius 2 is 1.82 bits per heavy atom. The van der Waals surface area contributed by atoms with Crippen LogP contribution < -0.4 is 0 Å². The van der Waals surface area contributed by atoms with Crippen LogP contribution in [0.15, 0.2) is 0 Å². The van der Waals surface area contributed by atoms with Gasteiger partial charge in [0.25, 0.3) is 0 Å². The third-order valence-corrected chi connectivity index (χ3v) is 2.73. The third kappa shape index (κ3) is 4.97. The Balaban J connectivity index is 2.04. The van der Waals surface area contributed by atoms with Gasteiger partial charge in [0.05, 0.1) is 6.54 Å². The Morgan fingerprint density at radius 1 is 1.18 bits per heavy atom. The van der Waals surface area contributed by atoms with Crippen LogP contribution in [0.5, 0.6) is 0 Å². The first kappa shape index (κ1) is 13.7. The van der Waals surface area contributed by atoms with Crippen molar-refractivity contribution in [1.82, 2.24) is 4.90 Å². The number of carbonyl (C=O) groups excluding carboxylic acids is 3. The van der Waals surface area contributed by atoms with Crippen LogP contribution in [0.2, 0.25) is 0 Å². The molecule has 0 atom stereocenters. The molecule has 0 saturated carbocycles. The van der Waals surface area contributed by atoms with Crippen molar-refractivity contribution in [2.45, 2.75) is 45.4 Å². The summed E-state index contributed by atoms with van der Waals surface area (Å²) in [7, 11) is 0. The summed E-state index contributed by atoms with van der Waals surface area (Å²) in [5, 5.41) is 0. The first-order chi connectivity index (χ1) is 8.11. The number of nitrogens with zero attached hydrogens (tertiary/aromatic N) is 1. The molecule has 0 aromatic rings. The first-order valence-corrected chi connectivity index (χ1v) is 6.08. The van der Waals surface area contributed by atoms with Gasteiger partial charge in [0.15, 0.2) is 0 Å². The molecule has 0 aromatic heterocycles. The van der Waals surface area contributed by atoms with Gasteiger partial charge in [-0.2, -0.15) is 0 Å². The van der Waals surface area contributed by atoms with Crippen molar-refractivity contribution < 1.29 is 19.1 Å². The van der Waals surface area contributed by atoms with Gasteiger partial charge in [-0.05, 0) is 19.8 Å². The molecule has 1 fully saturated rings. The van der Waals surface area contributed by atoms with E-state index in [0.29, 0.717) is 26.0 Å². The number of imide groups is 1. The van der Waals surface area contributed by atoms with Crippen molar-refractivity contribution in [1.29, 1.82) is 0 Å². The largest absolute Gasteiger partial charge is 0.447 e. The summed E-state index contributed by atoms with van der Waals surface area (Å²) in [6.45, 7) is 2.27. The molecule has 1 aliphatic rings. The van der Waals surface area contributed by atoms with Crippen molar-refractivity contribution in [3.8, 4) is 0 Å². The van der Waals surface area contributed by atoms with Gasteiger partial charge in [0.1, 0.15) is 12.4 Å². The number of hydrogen-bond donors (Lipinski definition) is 0. The molecule has 0 spiro atoms. The van der Waals surface area contributed by atoms with Gasteiger partial charge < -0.3 is 9.53 Å². The number of amides is 2. The zero-order valence-corrected chi connectivity index (χ0v) is 10.2. The minimum Gasteiger partial charge on any atom is -0.447 e. The van der Waals surface area contributed by atoms with Crippen LogP contribution in [-0.2, 0) is 14.3 Å². The van der Waals surface area contributed by atoms with Crippen molar-refractivity contribution in [3.63, 3.8) is 0 Å². The van der Waals surface area contributed by atoms with Gasteiger partial charge in [-0.1, -0.05) is 12.8 Å². The van der Waals surface area contributed by atoms with Gasteiger partial charge in [0, 0.05) is 12.8 Å². The zero-order chi connectivity index (χ0) is 12.7. The highest BCUT2D eigenvalue weighted by molar-refractivity contribution is 5.92. The van der Waals surface area contributed by atoms with E-state index in [4.69, 9.17) is 0 Å². The van der Waals surface area contributed by atoms with Crippen LogP contribution in [0.4, 0.5) is 4.79 Å². The normalized spacial score (nSPS) is 14.9. The Kier molecular flexibility index (Phi) is 5.66. The fourth-order valence-electron chi connectivity index (χ4n) is 1.76. The number of carbonyl (C=O) groups is 3. The Morgan fingerprint density at radius 3 is 2.35 bits per heavy atom. The van der Waals surface area contributed by atoms with Crippen molar-refractivity contribution in [2.75, 3.05) is 13.2 Å². The van der Waals surface area contributed by atoms with Crippen LogP contribution in [0.1, 0.15) is 45.4 Å². The molecule has 1 rings (SSSR count). The Bertz CT molecular complexity index is 301. The second-order valence-electron chi connectivity index (χ2n) is 4.28. The summed E-state index contributed by atoms with van der Waals surface area (Å²) in [5.74, 6) is 0.0555. The van der Waals surface area contributed by atoms with Crippen LogP contribution >= 0.6 is 0 Å². The summed E-state index contributed by atoms with van der Waals surface area (Å²) < 4.78 is 4.69. The van der Waals surface area contributed by atoms with Crippen molar-refractivity contribution >= 4 is 17.8 Å². The lowest BCUT2D eigenvalue weighted by molar-refractivity contribution is -0.128. The molecular weight excluding hydrogens is 222 g/mol. The molecule has 96 valence electrons. The molecule has 5 nitrogen and oxygen atoms in total. The predicted molar refractivity (Wildman–Crippen MR) is 61.4 cm³/mol. The summed E-state index contributed by atoms with van der Waals surface area (Å²) in [6.07, 6.45) is 4.00. The molecule has 0 bridgehead atoms. The fourth-order valence-corrected chi connectivity index (χ4v) is 1.76. The highest BCUT2D eigenvalue weighted by Crippen LogP contribution is 2.10. The topological polar surface area (TPSA) is 63.7 Å². The van der Waals surface area contributed by atoms with Gasteiger partial charge in [-0.25, -0.2) is 9.69 Å². The second kappa shape index (κ2) is 7.04. The monoisotopic (exact) mass is 241 g/mol. The quantitative estimate of drug-likeness (QED) is 0.638. The maximum Gasteiger partial charge on any atom is 0.416 e. The highest BCUT2D eigenvalue weighted by atomic mass is 16.6. The lowest BCUT2D eigenvalue weighted by Crippen LogP contribution is -2.31. The third-order valence-electron chi connectivity index (χ3n) is 2.73. The van der Waals surface area contributed by atoms with Gasteiger partial charge in [-0.3, -0.25) is 4.79 Å². The smallest absolute Gasteiger partial charge is 0.416 e. The number of hydrogen-bond acceptors (Lipinski definition) is 4. The molecule has 2 amide bonds. The van der Waals surface area contributed by atoms with Crippen LogP contribution in [0.3, 0.4) is 0 Å². The number of ketones is 1. The fraction of sp³-hybridized carbons (Fsp3) is 0.750. The molecule has 0 radical (unpaired) electrons. The van der Waals surface area contributed by atoms with E-state index in [0.717, 1.165) is 30.6 Å². The highest BCUT2D eigenvalue weighted by Gasteiger charge is 2.27. The van der Waals surface area contributed by atoms with E-state index in [1.54, 1.807) is 6.92 Å². The second-order valence-corrected chi connectivity index (χ2v) is 4.28. The van der Waals surface area contributed by atoms with Crippen LogP contribution in [-0.4, -0.2) is 35.8 Å². The van der Waals surface area contributed by atoms with Crippen LogP contribution in [0, 0.1) is 0 Å². The SMILES string of the molecule is CC(=O)CCCCCCC(=O)N1CCOC1=O. The van der Waals surface area contributed by atoms with E-state index in [2.05, 4.69) is 4.74 Å². The predicted octanol–water partition coefficient (Wildman–Crippen LogP) is 1.89. The summed E-state index contributed by atoms with van der Waals surface area (Å²) in [4.78, 5) is 34.5. The zero-order valence-electron chi connectivity index (χ0n) is 10.2. The number of Topliss-reactive ketones (excluding diaryl/α,β-unsaturated/α-hetero) is 1. The lowest BCUT2D eigenvalue weighted by Gasteiger charge is -2.09. The summed E-state index contributed by atoms with van der Waals surface area (Å²) in [5.41, 5.74) is 0. The number of unbranched alkanes of at least 4 members (excludes halogenated alkanes) is 3. The summed E-state index contributed by atoms with van der Waals surface area (Å²) in [6, 6.07) is 0. The Labute approximate surface area is 101 Å². The molecule has 1 aliphatic heterocycles. The van der Waals surface area contributed by atoms with E-state index in [1.807, 2.05) is 0 Å². The van der Waals surface area contributed by atoms with E-state index >= 15 is 0 Å². The average molecular weight is 241 g/mol. The van der Waals surface area contributed by atoms with Crippen molar-refractivity contribution in [2.24, 2.45) is 0 Å². The minimum atomic E-state index is -0.522. The maximum absolute atomic E-state index is 11.6. The minimum absolute atomic E-state index is 0.154. The van der Waals surface area contributed by atoms with E-state index in [9.17, 15) is 14.4 Å². The molecular formula is C12H19NO4. The van der Waals surface area contributed by atoms with E-state index in [-0.39, 0.29) is 11.7 Å². The Hall–Kier alpha value is -1.39. The molecule has 1 saturated heterocycles. The molecule has 1 heterocycles. The number of ether oxygens (including phenoxy) is 1. The standard InChI is InChI=1S/C12H19NO4/c1-10(14)6-4-2-3-5-7-11(15)13-8-9-17-12(13)16/h2-9H2,1H3. The van der Waals surface area contributed by atoms with Gasteiger partial charge in [0.2, 0.25) is 5.91 Å². The van der Waals surface area contributed by atoms with E-state index in [1.165, 1.54) is 0 Å².